The number of piperazine rings is 1. The average molecular weight is 422 g/mol. The van der Waals surface area contributed by atoms with E-state index in [9.17, 15) is 18.0 Å². The summed E-state index contributed by atoms with van der Waals surface area (Å²) in [5.74, 6) is 0.451. The van der Waals surface area contributed by atoms with Crippen molar-refractivity contribution in [3.8, 4) is 11.4 Å². The molecule has 160 valence electrons. The van der Waals surface area contributed by atoms with Crippen molar-refractivity contribution in [1.82, 2.24) is 20.3 Å². The monoisotopic (exact) mass is 422 g/mol. The molecule has 1 saturated heterocycles. The van der Waals surface area contributed by atoms with Crippen LogP contribution in [0.1, 0.15) is 37.5 Å². The summed E-state index contributed by atoms with van der Waals surface area (Å²) in [7, 11) is 0. The summed E-state index contributed by atoms with van der Waals surface area (Å²) in [6.45, 7) is 5.47. The number of anilines is 2. The standard InChI is InChI=1S/C19H21F3N6O2/c1-3-12-8-23-4-5-28(12)14-7-11(19(20,21)22)6-13(26-14)16-15-10(2)30-18(29)27-17(15)25-9-24-16/h6-7,9-10,12,23H,3-5,8H2,1-2H3,(H,24,25,27,29)/t10?,12-/m1/s1. The Morgan fingerprint density at radius 1 is 1.30 bits per heavy atom. The first-order valence-electron chi connectivity index (χ1n) is 9.67. The number of cyclic esters (lactones) is 1. The number of rotatable bonds is 3. The van der Waals surface area contributed by atoms with E-state index in [1.807, 2.05) is 11.8 Å². The number of aromatic nitrogens is 3. The van der Waals surface area contributed by atoms with Gasteiger partial charge in [-0.2, -0.15) is 13.2 Å². The highest BCUT2D eigenvalue weighted by atomic mass is 19.4. The zero-order chi connectivity index (χ0) is 21.5. The molecule has 1 fully saturated rings. The van der Waals surface area contributed by atoms with Gasteiger partial charge in [-0.1, -0.05) is 6.92 Å². The number of alkyl halides is 3. The van der Waals surface area contributed by atoms with E-state index in [1.165, 1.54) is 6.33 Å². The predicted octanol–water partition coefficient (Wildman–Crippen LogP) is 3.37. The van der Waals surface area contributed by atoms with E-state index in [2.05, 4.69) is 25.6 Å². The van der Waals surface area contributed by atoms with Crippen LogP contribution < -0.4 is 15.5 Å². The fourth-order valence-electron chi connectivity index (χ4n) is 3.81. The van der Waals surface area contributed by atoms with Crippen LogP contribution in [0, 0.1) is 0 Å². The summed E-state index contributed by atoms with van der Waals surface area (Å²) in [5.41, 5.74) is -0.166. The molecule has 0 aliphatic carbocycles. The SMILES string of the molecule is CC[C@@H]1CNCCN1c1cc(C(F)(F)F)cc(-c2ncnc3c2C(C)OC(=O)N3)n1. The lowest BCUT2D eigenvalue weighted by atomic mass is 10.0. The number of pyridine rings is 1. The maximum Gasteiger partial charge on any atom is 0.416 e. The molecule has 1 amide bonds. The molecule has 2 aromatic rings. The van der Waals surface area contributed by atoms with Crippen LogP contribution in [0.3, 0.4) is 0 Å². The van der Waals surface area contributed by atoms with Gasteiger partial charge in [-0.3, -0.25) is 5.32 Å². The zero-order valence-corrected chi connectivity index (χ0v) is 16.5. The van der Waals surface area contributed by atoms with Crippen molar-refractivity contribution in [3.63, 3.8) is 0 Å². The fourth-order valence-corrected chi connectivity index (χ4v) is 3.81. The van der Waals surface area contributed by atoms with Gasteiger partial charge in [-0.05, 0) is 25.5 Å². The summed E-state index contributed by atoms with van der Waals surface area (Å²) in [6.07, 6.45) is -4.00. The van der Waals surface area contributed by atoms with E-state index >= 15 is 0 Å². The molecule has 2 N–H and O–H groups in total. The Hall–Kier alpha value is -2.95. The van der Waals surface area contributed by atoms with Crippen LogP contribution in [0.15, 0.2) is 18.5 Å². The smallest absolute Gasteiger partial charge is 0.416 e. The molecule has 0 bridgehead atoms. The number of ether oxygens (including phenoxy) is 1. The third-order valence-corrected chi connectivity index (χ3v) is 5.29. The van der Waals surface area contributed by atoms with E-state index in [4.69, 9.17) is 4.74 Å². The van der Waals surface area contributed by atoms with Crippen LogP contribution in [-0.2, 0) is 10.9 Å². The number of amides is 1. The van der Waals surface area contributed by atoms with E-state index in [0.29, 0.717) is 25.2 Å². The Morgan fingerprint density at radius 2 is 2.10 bits per heavy atom. The first-order chi connectivity index (χ1) is 14.3. The van der Waals surface area contributed by atoms with Crippen molar-refractivity contribution in [2.75, 3.05) is 29.9 Å². The second-order valence-corrected chi connectivity index (χ2v) is 7.21. The van der Waals surface area contributed by atoms with Crippen molar-refractivity contribution < 1.29 is 22.7 Å². The number of nitrogens with zero attached hydrogens (tertiary/aromatic N) is 4. The van der Waals surface area contributed by atoms with Crippen LogP contribution >= 0.6 is 0 Å². The van der Waals surface area contributed by atoms with E-state index in [1.54, 1.807) is 6.92 Å². The minimum absolute atomic E-state index is 0.0310. The molecule has 0 spiro atoms. The van der Waals surface area contributed by atoms with Gasteiger partial charge in [0.25, 0.3) is 0 Å². The van der Waals surface area contributed by atoms with Crippen LogP contribution in [0.5, 0.6) is 0 Å². The molecule has 8 nitrogen and oxygen atoms in total. The summed E-state index contributed by atoms with van der Waals surface area (Å²) in [6, 6.07) is 2.08. The molecule has 4 heterocycles. The molecule has 0 aromatic carbocycles. The molecule has 2 aliphatic rings. The van der Waals surface area contributed by atoms with Crippen molar-refractivity contribution in [2.45, 2.75) is 38.6 Å². The zero-order valence-electron chi connectivity index (χ0n) is 16.5. The third-order valence-electron chi connectivity index (χ3n) is 5.29. The Bertz CT molecular complexity index is 968. The van der Waals surface area contributed by atoms with Crippen LogP contribution in [0.25, 0.3) is 11.4 Å². The number of hydrogen-bond donors (Lipinski definition) is 2. The molecule has 2 atom stereocenters. The molecule has 1 unspecified atom stereocenters. The van der Waals surface area contributed by atoms with Crippen LogP contribution in [0.4, 0.5) is 29.6 Å². The van der Waals surface area contributed by atoms with Gasteiger partial charge in [0, 0.05) is 25.7 Å². The minimum atomic E-state index is -4.55. The van der Waals surface area contributed by atoms with Gasteiger partial charge in [-0.15, -0.1) is 0 Å². The van der Waals surface area contributed by atoms with Crippen molar-refractivity contribution in [3.05, 3.63) is 29.6 Å². The quantitative estimate of drug-likeness (QED) is 0.784. The fraction of sp³-hybridized carbons (Fsp3) is 0.474. The summed E-state index contributed by atoms with van der Waals surface area (Å²) in [4.78, 5) is 26.3. The minimum Gasteiger partial charge on any atom is -0.441 e. The number of carbonyl (C=O) groups excluding carboxylic acids is 1. The third kappa shape index (κ3) is 3.76. The first kappa shape index (κ1) is 20.3. The molecule has 30 heavy (non-hydrogen) atoms. The highest BCUT2D eigenvalue weighted by Gasteiger charge is 2.35. The number of halogens is 3. The molecule has 0 radical (unpaired) electrons. The Morgan fingerprint density at radius 3 is 2.83 bits per heavy atom. The lowest BCUT2D eigenvalue weighted by Gasteiger charge is -2.37. The predicted molar refractivity (Wildman–Crippen MR) is 103 cm³/mol. The van der Waals surface area contributed by atoms with Crippen LogP contribution in [0.2, 0.25) is 0 Å². The summed E-state index contributed by atoms with van der Waals surface area (Å²) in [5, 5.41) is 5.72. The average Bonchev–Trinajstić information content (AvgIpc) is 2.72. The number of nitrogens with one attached hydrogen (secondary N) is 2. The number of hydrogen-bond acceptors (Lipinski definition) is 7. The van der Waals surface area contributed by atoms with Gasteiger partial charge in [0.2, 0.25) is 0 Å². The van der Waals surface area contributed by atoms with Crippen LogP contribution in [-0.4, -0.2) is 46.7 Å². The maximum absolute atomic E-state index is 13.7. The number of carbonyl (C=O) groups is 1. The van der Waals surface area contributed by atoms with Gasteiger partial charge in [0.15, 0.2) is 0 Å². The Kier molecular flexibility index (Phi) is 5.22. The second-order valence-electron chi connectivity index (χ2n) is 7.21. The normalized spacial score (nSPS) is 21.6. The lowest BCUT2D eigenvalue weighted by molar-refractivity contribution is -0.137. The van der Waals surface area contributed by atoms with Gasteiger partial charge in [0.1, 0.15) is 29.8 Å². The van der Waals surface area contributed by atoms with E-state index < -0.39 is 23.9 Å². The largest absolute Gasteiger partial charge is 0.441 e. The van der Waals surface area contributed by atoms with Gasteiger partial charge in [-0.25, -0.2) is 19.7 Å². The van der Waals surface area contributed by atoms with E-state index in [-0.39, 0.29) is 29.1 Å². The van der Waals surface area contributed by atoms with Gasteiger partial charge >= 0.3 is 12.3 Å². The van der Waals surface area contributed by atoms with Gasteiger partial charge in [0.05, 0.1) is 16.8 Å². The highest BCUT2D eigenvalue weighted by molar-refractivity contribution is 5.88. The first-order valence-corrected chi connectivity index (χ1v) is 9.67. The van der Waals surface area contributed by atoms with Crippen molar-refractivity contribution in [1.29, 1.82) is 0 Å². The molecule has 4 rings (SSSR count). The molecule has 2 aliphatic heterocycles. The topological polar surface area (TPSA) is 92.3 Å². The Balaban J connectivity index is 1.87. The van der Waals surface area contributed by atoms with Crippen molar-refractivity contribution >= 4 is 17.7 Å². The lowest BCUT2D eigenvalue weighted by Crippen LogP contribution is -2.51. The van der Waals surface area contributed by atoms with E-state index in [0.717, 1.165) is 18.6 Å². The molecular weight excluding hydrogens is 401 g/mol. The molecule has 11 heteroatoms. The van der Waals surface area contributed by atoms with Crippen molar-refractivity contribution in [2.24, 2.45) is 0 Å². The number of fused-ring (bicyclic) bond motifs is 1. The van der Waals surface area contributed by atoms with Gasteiger partial charge < -0.3 is 15.0 Å². The maximum atomic E-state index is 13.7. The summed E-state index contributed by atoms with van der Waals surface area (Å²) < 4.78 is 46.3. The second kappa shape index (κ2) is 7.71. The highest BCUT2D eigenvalue weighted by Crippen LogP contribution is 2.39. The summed E-state index contributed by atoms with van der Waals surface area (Å²) >= 11 is 0. The Labute approximate surface area is 170 Å². The molecule has 0 saturated carbocycles. The molecule has 2 aromatic heterocycles. The molecular formula is C19H21F3N6O2.